The number of hydrogen-bond donors (Lipinski definition) is 1. The molecule has 0 spiro atoms. The highest BCUT2D eigenvalue weighted by atomic mass is 16.5. The minimum atomic E-state index is -0.0328. The standard InChI is InChI=1S/C25H24N4O2/c1-31-25-23(26-21-10-4-5-11-22(21)28-25)29-15-13-18(14-16-29)24(30)27-20-12-6-8-17-7-2-3-9-19(17)20/h2-12,18H,13-16H2,1H3,(H,27,30). The Balaban J connectivity index is 1.30. The fraction of sp³-hybridized carbons (Fsp3) is 0.240. The Morgan fingerprint density at radius 2 is 1.61 bits per heavy atom. The summed E-state index contributed by atoms with van der Waals surface area (Å²) >= 11 is 0. The molecule has 0 aliphatic carbocycles. The molecule has 1 N–H and O–H groups in total. The van der Waals surface area contributed by atoms with Crippen LogP contribution in [0.1, 0.15) is 12.8 Å². The smallest absolute Gasteiger partial charge is 0.257 e. The SMILES string of the molecule is COc1nc2ccccc2nc1N1CCC(C(=O)Nc2cccc3ccccc23)CC1. The van der Waals surface area contributed by atoms with Crippen molar-refractivity contribution in [3.05, 3.63) is 66.7 Å². The van der Waals surface area contributed by atoms with E-state index in [0.29, 0.717) is 5.88 Å². The van der Waals surface area contributed by atoms with E-state index in [-0.39, 0.29) is 11.8 Å². The van der Waals surface area contributed by atoms with Crippen LogP contribution >= 0.6 is 0 Å². The minimum absolute atomic E-state index is 0.0328. The quantitative estimate of drug-likeness (QED) is 0.529. The Kier molecular flexibility index (Phi) is 5.12. The van der Waals surface area contributed by atoms with Crippen LogP contribution in [0.25, 0.3) is 21.8 Å². The molecule has 1 aliphatic heterocycles. The van der Waals surface area contributed by atoms with Gasteiger partial charge in [0.25, 0.3) is 5.88 Å². The summed E-state index contributed by atoms with van der Waals surface area (Å²) in [6, 6.07) is 21.9. The van der Waals surface area contributed by atoms with Crippen LogP contribution < -0.4 is 15.0 Å². The molecule has 31 heavy (non-hydrogen) atoms. The van der Waals surface area contributed by atoms with Crippen LogP contribution in [-0.2, 0) is 4.79 Å². The number of ether oxygens (including phenoxy) is 1. The maximum Gasteiger partial charge on any atom is 0.257 e. The van der Waals surface area contributed by atoms with Crippen molar-refractivity contribution in [2.45, 2.75) is 12.8 Å². The van der Waals surface area contributed by atoms with Crippen molar-refractivity contribution in [1.82, 2.24) is 9.97 Å². The molecule has 0 bridgehead atoms. The van der Waals surface area contributed by atoms with Gasteiger partial charge in [0.15, 0.2) is 5.82 Å². The molecule has 1 aliphatic rings. The zero-order valence-corrected chi connectivity index (χ0v) is 17.4. The van der Waals surface area contributed by atoms with E-state index in [2.05, 4.69) is 27.3 Å². The Labute approximate surface area is 180 Å². The highest BCUT2D eigenvalue weighted by Crippen LogP contribution is 2.31. The van der Waals surface area contributed by atoms with Gasteiger partial charge >= 0.3 is 0 Å². The normalized spacial score (nSPS) is 14.7. The number of amides is 1. The second-order valence-corrected chi connectivity index (χ2v) is 7.82. The topological polar surface area (TPSA) is 67.4 Å². The Hall–Kier alpha value is -3.67. The lowest BCUT2D eigenvalue weighted by Gasteiger charge is -2.32. The third-order valence-corrected chi connectivity index (χ3v) is 5.93. The number of hydrogen-bond acceptors (Lipinski definition) is 5. The number of benzene rings is 3. The molecule has 3 aromatic carbocycles. The Bertz CT molecular complexity index is 1240. The van der Waals surface area contributed by atoms with Crippen LogP contribution in [0.4, 0.5) is 11.5 Å². The lowest BCUT2D eigenvalue weighted by molar-refractivity contribution is -0.120. The summed E-state index contributed by atoms with van der Waals surface area (Å²) in [5, 5.41) is 5.33. The van der Waals surface area contributed by atoms with E-state index in [9.17, 15) is 4.79 Å². The molecule has 1 amide bonds. The van der Waals surface area contributed by atoms with Gasteiger partial charge < -0.3 is 15.0 Å². The molecule has 1 fully saturated rings. The molecule has 0 unspecified atom stereocenters. The molecule has 0 atom stereocenters. The molecule has 0 saturated carbocycles. The third-order valence-electron chi connectivity index (χ3n) is 5.93. The first-order chi connectivity index (χ1) is 15.2. The highest BCUT2D eigenvalue weighted by molar-refractivity contribution is 6.02. The molecule has 4 aromatic rings. The number of rotatable bonds is 4. The van der Waals surface area contributed by atoms with Gasteiger partial charge in [-0.1, -0.05) is 48.5 Å². The van der Waals surface area contributed by atoms with Gasteiger partial charge in [0.05, 0.1) is 18.1 Å². The molecule has 1 saturated heterocycles. The molecule has 6 nitrogen and oxygen atoms in total. The maximum atomic E-state index is 13.0. The minimum Gasteiger partial charge on any atom is -0.478 e. The van der Waals surface area contributed by atoms with E-state index in [1.807, 2.05) is 54.6 Å². The van der Waals surface area contributed by atoms with E-state index >= 15 is 0 Å². The number of carbonyl (C=O) groups is 1. The number of aromatic nitrogens is 2. The lowest BCUT2D eigenvalue weighted by atomic mass is 9.95. The summed E-state index contributed by atoms with van der Waals surface area (Å²) in [6.45, 7) is 1.47. The number of fused-ring (bicyclic) bond motifs is 2. The summed E-state index contributed by atoms with van der Waals surface area (Å²) in [5.74, 6) is 1.31. The number of piperidine rings is 1. The summed E-state index contributed by atoms with van der Waals surface area (Å²) in [7, 11) is 1.62. The summed E-state index contributed by atoms with van der Waals surface area (Å²) in [5.41, 5.74) is 2.52. The van der Waals surface area contributed by atoms with Crippen LogP contribution in [0.5, 0.6) is 5.88 Å². The van der Waals surface area contributed by atoms with Crippen molar-refractivity contribution < 1.29 is 9.53 Å². The second kappa shape index (κ2) is 8.22. The number of methoxy groups -OCH3 is 1. The van der Waals surface area contributed by atoms with Crippen molar-refractivity contribution >= 4 is 39.2 Å². The lowest BCUT2D eigenvalue weighted by Crippen LogP contribution is -2.38. The van der Waals surface area contributed by atoms with Gasteiger partial charge in [-0.15, -0.1) is 0 Å². The van der Waals surface area contributed by atoms with Crippen molar-refractivity contribution in [1.29, 1.82) is 0 Å². The van der Waals surface area contributed by atoms with E-state index < -0.39 is 0 Å². The third kappa shape index (κ3) is 3.77. The summed E-state index contributed by atoms with van der Waals surface area (Å²) < 4.78 is 5.51. The van der Waals surface area contributed by atoms with E-state index in [1.54, 1.807) is 7.11 Å². The summed E-state index contributed by atoms with van der Waals surface area (Å²) in [6.07, 6.45) is 1.52. The number of anilines is 2. The van der Waals surface area contributed by atoms with Gasteiger partial charge in [0.2, 0.25) is 5.91 Å². The zero-order valence-electron chi connectivity index (χ0n) is 17.4. The van der Waals surface area contributed by atoms with E-state index in [4.69, 9.17) is 9.72 Å². The molecule has 156 valence electrons. The molecule has 6 heteroatoms. The number of nitrogens with one attached hydrogen (secondary N) is 1. The average molecular weight is 412 g/mol. The predicted octanol–water partition coefficient (Wildman–Crippen LogP) is 4.65. The number of nitrogens with zero attached hydrogens (tertiary/aromatic N) is 3. The predicted molar refractivity (Wildman–Crippen MR) is 124 cm³/mol. The molecule has 1 aromatic heterocycles. The second-order valence-electron chi connectivity index (χ2n) is 7.82. The fourth-order valence-corrected chi connectivity index (χ4v) is 4.24. The first-order valence-electron chi connectivity index (χ1n) is 10.6. The molecule has 2 heterocycles. The van der Waals surface area contributed by atoms with E-state index in [1.165, 1.54) is 0 Å². The van der Waals surface area contributed by atoms with Crippen LogP contribution in [0.3, 0.4) is 0 Å². The van der Waals surface area contributed by atoms with Crippen LogP contribution in [-0.4, -0.2) is 36.1 Å². The van der Waals surface area contributed by atoms with E-state index in [0.717, 1.165) is 59.2 Å². The van der Waals surface area contributed by atoms with Crippen molar-refractivity contribution in [2.24, 2.45) is 5.92 Å². The van der Waals surface area contributed by atoms with Gasteiger partial charge in [-0.2, -0.15) is 0 Å². The first kappa shape index (κ1) is 19.3. The van der Waals surface area contributed by atoms with Gasteiger partial charge in [-0.25, -0.2) is 9.97 Å². The van der Waals surface area contributed by atoms with Crippen LogP contribution in [0.2, 0.25) is 0 Å². The Morgan fingerprint density at radius 1 is 0.935 bits per heavy atom. The zero-order chi connectivity index (χ0) is 21.2. The summed E-state index contributed by atoms with van der Waals surface area (Å²) in [4.78, 5) is 24.5. The number of para-hydroxylation sites is 2. The highest BCUT2D eigenvalue weighted by Gasteiger charge is 2.28. The molecule has 0 radical (unpaired) electrons. The van der Waals surface area contributed by atoms with Gasteiger partial charge in [0.1, 0.15) is 0 Å². The van der Waals surface area contributed by atoms with Crippen LogP contribution in [0, 0.1) is 5.92 Å². The van der Waals surface area contributed by atoms with Gasteiger partial charge in [-0.3, -0.25) is 4.79 Å². The van der Waals surface area contributed by atoms with Crippen LogP contribution in [0.15, 0.2) is 66.7 Å². The van der Waals surface area contributed by atoms with Gasteiger partial charge in [0, 0.05) is 30.1 Å². The first-order valence-corrected chi connectivity index (χ1v) is 10.6. The van der Waals surface area contributed by atoms with Crippen molar-refractivity contribution in [3.8, 4) is 5.88 Å². The monoisotopic (exact) mass is 412 g/mol. The molecular weight excluding hydrogens is 388 g/mol. The van der Waals surface area contributed by atoms with Crippen molar-refractivity contribution in [3.63, 3.8) is 0 Å². The fourth-order valence-electron chi connectivity index (χ4n) is 4.24. The van der Waals surface area contributed by atoms with Crippen molar-refractivity contribution in [2.75, 3.05) is 30.4 Å². The molecule has 5 rings (SSSR count). The van der Waals surface area contributed by atoms with Gasteiger partial charge in [-0.05, 0) is 36.4 Å². The maximum absolute atomic E-state index is 13.0. The number of carbonyl (C=O) groups excluding carboxylic acids is 1. The Morgan fingerprint density at radius 3 is 2.39 bits per heavy atom. The largest absolute Gasteiger partial charge is 0.478 e. The average Bonchev–Trinajstić information content (AvgIpc) is 2.83. The molecular formula is C25H24N4O2.